The van der Waals surface area contributed by atoms with E-state index in [0.29, 0.717) is 22.6 Å². The Morgan fingerprint density at radius 3 is 1.85 bits per heavy atom. The number of hydrazine groups is 1. The number of methoxy groups -OCH3 is 1. The molecule has 3 aromatic rings. The maximum Gasteiger partial charge on any atom is 0.277 e. The van der Waals surface area contributed by atoms with Crippen molar-refractivity contribution in [1.82, 2.24) is 5.43 Å². The molecule has 0 aliphatic rings. The summed E-state index contributed by atoms with van der Waals surface area (Å²) in [4.78, 5) is 25.5. The zero-order chi connectivity index (χ0) is 18.4. The minimum Gasteiger partial charge on any atom is -0.497 e. The van der Waals surface area contributed by atoms with Gasteiger partial charge in [-0.3, -0.25) is 15.0 Å². The van der Waals surface area contributed by atoms with Crippen molar-refractivity contribution in [2.45, 2.75) is 0 Å². The minimum absolute atomic E-state index is 0.333. The molecule has 0 heterocycles. The van der Waals surface area contributed by atoms with Crippen LogP contribution in [0.3, 0.4) is 0 Å². The summed E-state index contributed by atoms with van der Waals surface area (Å²) in [7, 11) is 1.57. The van der Waals surface area contributed by atoms with Crippen LogP contribution in [-0.2, 0) is 0 Å². The first kappa shape index (κ1) is 17.2. The quantitative estimate of drug-likeness (QED) is 0.733. The van der Waals surface area contributed by atoms with E-state index in [-0.39, 0.29) is 11.8 Å². The SMILES string of the molecule is COc1ccc(N(NC(=O)c2ccccc2)C(=O)c2ccccc2)cc1. The standard InChI is InChI=1S/C21H18N2O3/c1-26-19-14-12-18(13-15-19)23(21(25)17-10-6-3-7-11-17)22-20(24)16-8-4-2-5-9-16/h2-15H,1H3,(H,22,24). The van der Waals surface area contributed by atoms with Gasteiger partial charge in [-0.2, -0.15) is 0 Å². The second kappa shape index (κ2) is 7.98. The number of anilines is 1. The van der Waals surface area contributed by atoms with Gasteiger partial charge in [-0.25, -0.2) is 5.01 Å². The molecular weight excluding hydrogens is 328 g/mol. The number of amides is 2. The van der Waals surface area contributed by atoms with Crippen LogP contribution in [0.5, 0.6) is 5.75 Å². The lowest BCUT2D eigenvalue weighted by atomic mass is 10.2. The second-order valence-electron chi connectivity index (χ2n) is 5.51. The number of rotatable bonds is 4. The van der Waals surface area contributed by atoms with Gasteiger partial charge < -0.3 is 4.74 Å². The third-order valence-electron chi connectivity index (χ3n) is 3.80. The Morgan fingerprint density at radius 1 is 0.769 bits per heavy atom. The summed E-state index contributed by atoms with van der Waals surface area (Å²) in [5, 5.41) is 1.24. The lowest BCUT2D eigenvalue weighted by Crippen LogP contribution is -2.46. The zero-order valence-electron chi connectivity index (χ0n) is 14.3. The number of ether oxygens (including phenoxy) is 1. The first-order valence-corrected chi connectivity index (χ1v) is 8.08. The minimum atomic E-state index is -0.370. The summed E-state index contributed by atoms with van der Waals surface area (Å²) < 4.78 is 5.15. The summed E-state index contributed by atoms with van der Waals surface area (Å²) in [6.07, 6.45) is 0. The second-order valence-corrected chi connectivity index (χ2v) is 5.51. The Hall–Kier alpha value is -3.60. The van der Waals surface area contributed by atoms with Gasteiger partial charge in [0.15, 0.2) is 0 Å². The fourth-order valence-corrected chi connectivity index (χ4v) is 2.43. The number of nitrogens with zero attached hydrogens (tertiary/aromatic N) is 1. The van der Waals surface area contributed by atoms with Gasteiger partial charge in [0, 0.05) is 11.1 Å². The highest BCUT2D eigenvalue weighted by molar-refractivity contribution is 6.09. The van der Waals surface area contributed by atoms with E-state index in [1.54, 1.807) is 79.9 Å². The molecule has 0 atom stereocenters. The van der Waals surface area contributed by atoms with Crippen LogP contribution < -0.4 is 15.2 Å². The van der Waals surface area contributed by atoms with Crippen LogP contribution in [0.15, 0.2) is 84.9 Å². The summed E-state index contributed by atoms with van der Waals surface area (Å²) in [5.41, 5.74) is 4.15. The monoisotopic (exact) mass is 346 g/mol. The first-order valence-electron chi connectivity index (χ1n) is 8.08. The smallest absolute Gasteiger partial charge is 0.277 e. The van der Waals surface area contributed by atoms with E-state index in [9.17, 15) is 9.59 Å². The Balaban J connectivity index is 1.92. The fourth-order valence-electron chi connectivity index (χ4n) is 2.43. The first-order chi connectivity index (χ1) is 12.7. The fraction of sp³-hybridized carbons (Fsp3) is 0.0476. The van der Waals surface area contributed by atoms with Crippen LogP contribution in [0, 0.1) is 0 Å². The lowest BCUT2D eigenvalue weighted by molar-refractivity contribution is 0.0887. The average molecular weight is 346 g/mol. The molecule has 3 rings (SSSR count). The molecule has 0 radical (unpaired) electrons. The number of carbonyl (C=O) groups excluding carboxylic acids is 2. The van der Waals surface area contributed by atoms with Gasteiger partial charge in [0.1, 0.15) is 5.75 Å². The third kappa shape index (κ3) is 3.89. The van der Waals surface area contributed by atoms with E-state index in [2.05, 4.69) is 5.43 Å². The van der Waals surface area contributed by atoms with Crippen LogP contribution in [0.1, 0.15) is 20.7 Å². The molecule has 0 aliphatic heterocycles. The number of carbonyl (C=O) groups is 2. The van der Waals surface area contributed by atoms with Crippen molar-refractivity contribution in [1.29, 1.82) is 0 Å². The molecule has 0 aromatic heterocycles. The predicted molar refractivity (Wildman–Crippen MR) is 100 cm³/mol. The summed E-state index contributed by atoms with van der Waals surface area (Å²) in [6.45, 7) is 0. The van der Waals surface area contributed by atoms with E-state index in [1.807, 2.05) is 12.1 Å². The molecule has 26 heavy (non-hydrogen) atoms. The van der Waals surface area contributed by atoms with Crippen molar-refractivity contribution < 1.29 is 14.3 Å². The van der Waals surface area contributed by atoms with Gasteiger partial charge in [-0.05, 0) is 48.5 Å². The van der Waals surface area contributed by atoms with E-state index in [0.717, 1.165) is 0 Å². The summed E-state index contributed by atoms with van der Waals surface area (Å²) >= 11 is 0. The third-order valence-corrected chi connectivity index (χ3v) is 3.80. The molecule has 0 bridgehead atoms. The molecule has 1 N–H and O–H groups in total. The normalized spacial score (nSPS) is 10.0. The molecule has 5 heteroatoms. The van der Waals surface area contributed by atoms with Crippen molar-refractivity contribution >= 4 is 17.5 Å². The molecule has 0 unspecified atom stereocenters. The molecular formula is C21H18N2O3. The average Bonchev–Trinajstić information content (AvgIpc) is 2.73. The van der Waals surface area contributed by atoms with Crippen molar-refractivity contribution in [2.75, 3.05) is 12.1 Å². The van der Waals surface area contributed by atoms with Crippen LogP contribution in [0.4, 0.5) is 5.69 Å². The van der Waals surface area contributed by atoms with Gasteiger partial charge in [0.25, 0.3) is 11.8 Å². The Kier molecular flexibility index (Phi) is 5.29. The van der Waals surface area contributed by atoms with Crippen molar-refractivity contribution in [3.05, 3.63) is 96.1 Å². The number of nitrogens with one attached hydrogen (secondary N) is 1. The van der Waals surface area contributed by atoms with Crippen molar-refractivity contribution in [2.24, 2.45) is 0 Å². The highest BCUT2D eigenvalue weighted by atomic mass is 16.5. The van der Waals surface area contributed by atoms with Crippen LogP contribution in [0.2, 0.25) is 0 Å². The van der Waals surface area contributed by atoms with Gasteiger partial charge in [-0.1, -0.05) is 36.4 Å². The number of benzene rings is 3. The number of hydrogen-bond donors (Lipinski definition) is 1. The highest BCUT2D eigenvalue weighted by Gasteiger charge is 2.20. The van der Waals surface area contributed by atoms with Crippen molar-refractivity contribution in [3.8, 4) is 5.75 Å². The molecule has 0 fully saturated rings. The predicted octanol–water partition coefficient (Wildman–Crippen LogP) is 3.69. The molecule has 5 nitrogen and oxygen atoms in total. The Bertz CT molecular complexity index is 878. The Labute approximate surface area is 151 Å². The Morgan fingerprint density at radius 2 is 1.31 bits per heavy atom. The van der Waals surface area contributed by atoms with Crippen LogP contribution in [-0.4, -0.2) is 18.9 Å². The molecule has 0 aliphatic carbocycles. The lowest BCUT2D eigenvalue weighted by Gasteiger charge is -2.23. The van der Waals surface area contributed by atoms with Gasteiger partial charge in [0.2, 0.25) is 0 Å². The molecule has 0 spiro atoms. The topological polar surface area (TPSA) is 58.6 Å². The molecule has 0 saturated carbocycles. The van der Waals surface area contributed by atoms with Crippen LogP contribution in [0.25, 0.3) is 0 Å². The van der Waals surface area contributed by atoms with Gasteiger partial charge in [0.05, 0.1) is 12.8 Å². The summed E-state index contributed by atoms with van der Waals surface area (Å²) in [5.74, 6) is -0.0407. The van der Waals surface area contributed by atoms with E-state index >= 15 is 0 Å². The summed E-state index contributed by atoms with van der Waals surface area (Å²) in [6, 6.07) is 24.4. The largest absolute Gasteiger partial charge is 0.497 e. The van der Waals surface area contributed by atoms with E-state index in [1.165, 1.54) is 5.01 Å². The highest BCUT2D eigenvalue weighted by Crippen LogP contribution is 2.20. The van der Waals surface area contributed by atoms with Gasteiger partial charge >= 0.3 is 0 Å². The van der Waals surface area contributed by atoms with E-state index < -0.39 is 0 Å². The molecule has 3 aromatic carbocycles. The van der Waals surface area contributed by atoms with Crippen LogP contribution >= 0.6 is 0 Å². The van der Waals surface area contributed by atoms with Crippen molar-refractivity contribution in [3.63, 3.8) is 0 Å². The number of hydrogen-bond acceptors (Lipinski definition) is 3. The van der Waals surface area contributed by atoms with Gasteiger partial charge in [-0.15, -0.1) is 0 Å². The maximum atomic E-state index is 12.9. The maximum absolute atomic E-state index is 12.9. The molecule has 130 valence electrons. The molecule has 0 saturated heterocycles. The zero-order valence-corrected chi connectivity index (χ0v) is 14.3. The van der Waals surface area contributed by atoms with E-state index in [4.69, 9.17) is 4.74 Å². The molecule has 2 amide bonds.